The highest BCUT2D eigenvalue weighted by molar-refractivity contribution is 5.09. The van der Waals surface area contributed by atoms with Gasteiger partial charge in [0, 0.05) is 18.3 Å². The molecule has 1 saturated carbocycles. The van der Waals surface area contributed by atoms with E-state index in [9.17, 15) is 5.11 Å². The molecule has 18 heavy (non-hydrogen) atoms. The van der Waals surface area contributed by atoms with Gasteiger partial charge >= 0.3 is 0 Å². The number of nitrogens with zero attached hydrogens (tertiary/aromatic N) is 2. The van der Waals surface area contributed by atoms with Gasteiger partial charge in [-0.15, -0.1) is 0 Å². The van der Waals surface area contributed by atoms with Gasteiger partial charge in [0.25, 0.3) is 0 Å². The molecule has 0 aromatic carbocycles. The van der Waals surface area contributed by atoms with E-state index in [1.807, 2.05) is 17.1 Å². The third kappa shape index (κ3) is 2.94. The molecule has 102 valence electrons. The Kier molecular flexibility index (Phi) is 4.44. The first-order valence-corrected chi connectivity index (χ1v) is 7.32. The maximum Gasteiger partial charge on any atom is 0.0848 e. The fourth-order valence-electron chi connectivity index (χ4n) is 3.10. The number of aliphatic hydroxyl groups excluding tert-OH is 1. The van der Waals surface area contributed by atoms with Gasteiger partial charge in [0.15, 0.2) is 0 Å². The topological polar surface area (TPSA) is 38.0 Å². The van der Waals surface area contributed by atoms with Crippen molar-refractivity contribution in [3.8, 4) is 0 Å². The average Bonchev–Trinajstić information content (AvgIpc) is 2.86. The summed E-state index contributed by atoms with van der Waals surface area (Å²) >= 11 is 0. The van der Waals surface area contributed by atoms with Gasteiger partial charge in [-0.2, -0.15) is 5.10 Å². The van der Waals surface area contributed by atoms with E-state index in [-0.39, 0.29) is 6.10 Å². The molecule has 0 saturated heterocycles. The van der Waals surface area contributed by atoms with Crippen LogP contribution in [0.4, 0.5) is 0 Å². The molecule has 2 rings (SSSR count). The summed E-state index contributed by atoms with van der Waals surface area (Å²) < 4.78 is 1.89. The maximum absolute atomic E-state index is 10.4. The monoisotopic (exact) mass is 250 g/mol. The molecular weight excluding hydrogens is 224 g/mol. The van der Waals surface area contributed by atoms with E-state index in [2.05, 4.69) is 25.9 Å². The zero-order valence-electron chi connectivity index (χ0n) is 11.8. The first-order valence-electron chi connectivity index (χ1n) is 7.32. The second kappa shape index (κ2) is 5.87. The van der Waals surface area contributed by atoms with Crippen LogP contribution in [0.15, 0.2) is 12.4 Å². The Morgan fingerprint density at radius 2 is 1.89 bits per heavy atom. The number of hydrogen-bond donors (Lipinski definition) is 1. The molecule has 3 nitrogen and oxygen atoms in total. The highest BCUT2D eigenvalue weighted by Gasteiger charge is 2.29. The minimum Gasteiger partial charge on any atom is -0.388 e. The Balaban J connectivity index is 1.92. The first-order chi connectivity index (χ1) is 8.61. The van der Waals surface area contributed by atoms with Gasteiger partial charge in [-0.05, 0) is 50.4 Å². The summed E-state index contributed by atoms with van der Waals surface area (Å²) in [4.78, 5) is 0. The standard InChI is InChI=1S/C15H26N2O/c1-4-17-10-14(9-16-17)15(18)13-7-5-12(6-8-13)11(2)3/h9-13,15,18H,4-8H2,1-3H3. The van der Waals surface area contributed by atoms with Gasteiger partial charge in [-0.25, -0.2) is 0 Å². The quantitative estimate of drug-likeness (QED) is 0.889. The van der Waals surface area contributed by atoms with Gasteiger partial charge < -0.3 is 5.11 Å². The van der Waals surface area contributed by atoms with E-state index in [0.717, 1.165) is 36.8 Å². The molecule has 1 fully saturated rings. The first kappa shape index (κ1) is 13.6. The summed E-state index contributed by atoms with van der Waals surface area (Å²) in [6.45, 7) is 7.56. The van der Waals surface area contributed by atoms with E-state index < -0.39 is 0 Å². The molecule has 0 radical (unpaired) electrons. The van der Waals surface area contributed by atoms with Crippen LogP contribution in [-0.2, 0) is 6.54 Å². The summed E-state index contributed by atoms with van der Waals surface area (Å²) in [5.74, 6) is 2.06. The van der Waals surface area contributed by atoms with Crippen LogP contribution < -0.4 is 0 Å². The Hall–Kier alpha value is -0.830. The van der Waals surface area contributed by atoms with Crippen molar-refractivity contribution in [3.63, 3.8) is 0 Å². The second-order valence-corrected chi connectivity index (χ2v) is 5.99. The van der Waals surface area contributed by atoms with E-state index in [1.54, 1.807) is 0 Å². The van der Waals surface area contributed by atoms with Crippen molar-refractivity contribution in [2.75, 3.05) is 0 Å². The summed E-state index contributed by atoms with van der Waals surface area (Å²) in [6.07, 6.45) is 8.33. The van der Waals surface area contributed by atoms with Crippen LogP contribution in [0.25, 0.3) is 0 Å². The zero-order chi connectivity index (χ0) is 13.1. The van der Waals surface area contributed by atoms with Crippen molar-refractivity contribution < 1.29 is 5.11 Å². The van der Waals surface area contributed by atoms with Crippen molar-refractivity contribution >= 4 is 0 Å². The molecule has 1 aromatic rings. The largest absolute Gasteiger partial charge is 0.388 e. The Morgan fingerprint density at radius 1 is 1.28 bits per heavy atom. The van der Waals surface area contributed by atoms with Crippen LogP contribution in [0.3, 0.4) is 0 Å². The zero-order valence-corrected chi connectivity index (χ0v) is 11.8. The van der Waals surface area contributed by atoms with Crippen molar-refractivity contribution in [2.24, 2.45) is 17.8 Å². The van der Waals surface area contributed by atoms with Crippen molar-refractivity contribution in [3.05, 3.63) is 18.0 Å². The predicted molar refractivity (Wildman–Crippen MR) is 73.1 cm³/mol. The van der Waals surface area contributed by atoms with E-state index in [0.29, 0.717) is 5.92 Å². The molecule has 1 atom stereocenters. The molecule has 1 unspecified atom stereocenters. The third-order valence-corrected chi connectivity index (χ3v) is 4.52. The predicted octanol–water partition coefficient (Wildman–Crippen LogP) is 3.40. The van der Waals surface area contributed by atoms with E-state index in [4.69, 9.17) is 0 Å². The number of aryl methyl sites for hydroxylation is 1. The lowest BCUT2D eigenvalue weighted by Gasteiger charge is -2.33. The van der Waals surface area contributed by atoms with Gasteiger partial charge in [-0.1, -0.05) is 13.8 Å². The fraction of sp³-hybridized carbons (Fsp3) is 0.800. The summed E-state index contributed by atoms with van der Waals surface area (Å²) in [6, 6.07) is 0. The Labute approximate surface area is 110 Å². The summed E-state index contributed by atoms with van der Waals surface area (Å²) in [5, 5.41) is 14.7. The van der Waals surface area contributed by atoms with Crippen LogP contribution in [0.5, 0.6) is 0 Å². The van der Waals surface area contributed by atoms with Crippen molar-refractivity contribution in [1.82, 2.24) is 9.78 Å². The van der Waals surface area contributed by atoms with Gasteiger partial charge in [-0.3, -0.25) is 4.68 Å². The molecule has 1 aliphatic rings. The average molecular weight is 250 g/mol. The van der Waals surface area contributed by atoms with Crippen molar-refractivity contribution in [2.45, 2.75) is 59.1 Å². The fourth-order valence-corrected chi connectivity index (χ4v) is 3.10. The molecular formula is C15H26N2O. The summed E-state index contributed by atoms with van der Waals surface area (Å²) in [5.41, 5.74) is 0.991. The third-order valence-electron chi connectivity index (χ3n) is 4.52. The van der Waals surface area contributed by atoms with E-state index >= 15 is 0 Å². The number of rotatable bonds is 4. The number of hydrogen-bond acceptors (Lipinski definition) is 2. The molecule has 3 heteroatoms. The van der Waals surface area contributed by atoms with Crippen LogP contribution >= 0.6 is 0 Å². The normalized spacial score (nSPS) is 26.5. The second-order valence-electron chi connectivity index (χ2n) is 5.99. The van der Waals surface area contributed by atoms with Gasteiger partial charge in [0.1, 0.15) is 0 Å². The maximum atomic E-state index is 10.4. The van der Waals surface area contributed by atoms with E-state index in [1.165, 1.54) is 12.8 Å². The highest BCUT2D eigenvalue weighted by atomic mass is 16.3. The molecule has 1 aliphatic carbocycles. The molecule has 0 amide bonds. The lowest BCUT2D eigenvalue weighted by molar-refractivity contribution is 0.0667. The molecule has 1 heterocycles. The molecule has 1 N–H and O–H groups in total. The molecule has 0 spiro atoms. The van der Waals surface area contributed by atoms with Gasteiger partial charge in [0.2, 0.25) is 0 Å². The SMILES string of the molecule is CCn1cc(C(O)C2CCC(C(C)C)CC2)cn1. The lowest BCUT2D eigenvalue weighted by atomic mass is 9.74. The smallest absolute Gasteiger partial charge is 0.0848 e. The highest BCUT2D eigenvalue weighted by Crippen LogP contribution is 2.39. The molecule has 0 aliphatic heterocycles. The summed E-state index contributed by atoms with van der Waals surface area (Å²) in [7, 11) is 0. The Bertz CT molecular complexity index is 364. The lowest BCUT2D eigenvalue weighted by Crippen LogP contribution is -2.22. The van der Waals surface area contributed by atoms with Crippen LogP contribution in [0, 0.1) is 17.8 Å². The Morgan fingerprint density at radius 3 is 2.39 bits per heavy atom. The minimum atomic E-state index is -0.321. The number of aliphatic hydroxyl groups is 1. The van der Waals surface area contributed by atoms with Gasteiger partial charge in [0.05, 0.1) is 12.3 Å². The molecule has 1 aromatic heterocycles. The van der Waals surface area contributed by atoms with Crippen LogP contribution in [-0.4, -0.2) is 14.9 Å². The van der Waals surface area contributed by atoms with Crippen molar-refractivity contribution in [1.29, 1.82) is 0 Å². The number of aromatic nitrogens is 2. The molecule has 0 bridgehead atoms. The minimum absolute atomic E-state index is 0.321. The van der Waals surface area contributed by atoms with Crippen LogP contribution in [0.1, 0.15) is 58.1 Å². The van der Waals surface area contributed by atoms with Crippen LogP contribution in [0.2, 0.25) is 0 Å².